The van der Waals surface area contributed by atoms with E-state index in [0.29, 0.717) is 47.8 Å². The second-order valence-electron chi connectivity index (χ2n) is 9.18. The first-order valence-corrected chi connectivity index (χ1v) is 14.4. The number of rotatable bonds is 10. The van der Waals surface area contributed by atoms with Gasteiger partial charge in [0.1, 0.15) is 30.5 Å². The van der Waals surface area contributed by atoms with E-state index in [1.165, 1.54) is 17.9 Å². The maximum atomic E-state index is 14.2. The van der Waals surface area contributed by atoms with Crippen LogP contribution in [0.2, 0.25) is 5.02 Å². The van der Waals surface area contributed by atoms with Crippen molar-refractivity contribution in [2.24, 2.45) is 0 Å². The molecule has 2 heterocycles. The summed E-state index contributed by atoms with van der Waals surface area (Å²) < 4.78 is 21.6. The minimum absolute atomic E-state index is 0.0191. The van der Waals surface area contributed by atoms with Crippen molar-refractivity contribution in [3.8, 4) is 5.75 Å². The number of benzene rings is 2. The minimum Gasteiger partial charge on any atom is -0.487 e. The second-order valence-corrected chi connectivity index (χ2v) is 11.5. The topological polar surface area (TPSA) is 101 Å². The number of hydrogen-bond donors (Lipinski definition) is 2. The van der Waals surface area contributed by atoms with Crippen LogP contribution in [0.5, 0.6) is 5.75 Å². The van der Waals surface area contributed by atoms with Gasteiger partial charge in [0.05, 0.1) is 18.7 Å². The second kappa shape index (κ2) is 12.2. The fourth-order valence-corrected chi connectivity index (χ4v) is 5.25. The van der Waals surface area contributed by atoms with Crippen LogP contribution in [0.3, 0.4) is 0 Å². The van der Waals surface area contributed by atoms with Crippen LogP contribution in [-0.4, -0.2) is 57.1 Å². The number of ether oxygens (including phenoxy) is 1. The summed E-state index contributed by atoms with van der Waals surface area (Å²) in [7, 11) is -1.22. The number of carbonyl (C=O) groups excluding carboxylic acids is 3. The lowest BCUT2D eigenvalue weighted by Gasteiger charge is -2.24. The summed E-state index contributed by atoms with van der Waals surface area (Å²) in [6.45, 7) is 3.67. The van der Waals surface area contributed by atoms with Crippen molar-refractivity contribution in [3.05, 3.63) is 64.6 Å². The molecule has 202 valence electrons. The zero-order valence-electron chi connectivity index (χ0n) is 21.2. The van der Waals surface area contributed by atoms with Crippen LogP contribution in [0.4, 0.5) is 4.39 Å². The number of carbonyl (C=O) groups is 3. The highest BCUT2D eigenvalue weighted by Gasteiger charge is 2.34. The number of halogens is 2. The SMILES string of the molecule is CCP(O)COc1ccc2c(C(C)=O)cn(CC(=O)N3CCCC3C(=O)NCc3cccc(Cl)c3F)c2c1. The normalized spacial score (nSPS) is 16.0. The number of nitrogens with zero attached hydrogens (tertiary/aromatic N) is 2. The number of amides is 2. The van der Waals surface area contributed by atoms with Gasteiger partial charge in [-0.15, -0.1) is 0 Å². The third-order valence-electron chi connectivity index (χ3n) is 6.64. The van der Waals surface area contributed by atoms with E-state index in [9.17, 15) is 23.7 Å². The molecule has 8 nitrogen and oxygen atoms in total. The molecular weight excluding hydrogens is 532 g/mol. The molecule has 0 saturated carbocycles. The number of nitrogens with one attached hydrogen (secondary N) is 1. The number of ketones is 1. The summed E-state index contributed by atoms with van der Waals surface area (Å²) in [6.07, 6.45) is 3.63. The Morgan fingerprint density at radius 2 is 2.05 bits per heavy atom. The molecule has 2 aromatic carbocycles. The Labute approximate surface area is 226 Å². The van der Waals surface area contributed by atoms with Crippen LogP contribution in [0.1, 0.15) is 42.6 Å². The van der Waals surface area contributed by atoms with E-state index in [1.54, 1.807) is 41.1 Å². The Morgan fingerprint density at radius 3 is 2.79 bits per heavy atom. The molecule has 0 aliphatic carbocycles. The van der Waals surface area contributed by atoms with Gasteiger partial charge in [-0.3, -0.25) is 14.4 Å². The highest BCUT2D eigenvalue weighted by molar-refractivity contribution is 7.51. The smallest absolute Gasteiger partial charge is 0.243 e. The van der Waals surface area contributed by atoms with E-state index < -0.39 is 20.0 Å². The fourth-order valence-electron chi connectivity index (χ4n) is 4.57. The average Bonchev–Trinajstić information content (AvgIpc) is 3.53. The average molecular weight is 562 g/mol. The molecule has 0 radical (unpaired) electrons. The molecule has 4 rings (SSSR count). The van der Waals surface area contributed by atoms with E-state index in [2.05, 4.69) is 5.32 Å². The Kier molecular flexibility index (Phi) is 9.03. The molecule has 2 amide bonds. The van der Waals surface area contributed by atoms with Crippen LogP contribution in [0.25, 0.3) is 10.9 Å². The molecule has 38 heavy (non-hydrogen) atoms. The molecule has 1 aliphatic rings. The van der Waals surface area contributed by atoms with Crippen LogP contribution >= 0.6 is 19.7 Å². The lowest BCUT2D eigenvalue weighted by molar-refractivity contribution is -0.138. The quantitative estimate of drug-likeness (QED) is 0.276. The van der Waals surface area contributed by atoms with Gasteiger partial charge in [-0.1, -0.05) is 30.7 Å². The third-order valence-corrected chi connectivity index (χ3v) is 8.09. The molecule has 2 atom stereocenters. The molecule has 0 spiro atoms. The fraction of sp³-hybridized carbons (Fsp3) is 0.370. The van der Waals surface area contributed by atoms with Gasteiger partial charge in [-0.25, -0.2) is 4.39 Å². The maximum absolute atomic E-state index is 14.2. The minimum atomic E-state index is -1.22. The molecule has 11 heteroatoms. The lowest BCUT2D eigenvalue weighted by atomic mass is 10.1. The van der Waals surface area contributed by atoms with Crippen molar-refractivity contribution >= 4 is 48.2 Å². The van der Waals surface area contributed by atoms with E-state index in [-0.39, 0.29) is 47.6 Å². The lowest BCUT2D eigenvalue weighted by Crippen LogP contribution is -2.46. The van der Waals surface area contributed by atoms with Gasteiger partial charge in [-0.05, 0) is 44.1 Å². The molecule has 1 fully saturated rings. The molecule has 1 aromatic heterocycles. The Morgan fingerprint density at radius 1 is 1.26 bits per heavy atom. The van der Waals surface area contributed by atoms with E-state index in [0.717, 1.165) is 0 Å². The van der Waals surface area contributed by atoms with Crippen molar-refractivity contribution in [1.29, 1.82) is 0 Å². The van der Waals surface area contributed by atoms with Crippen molar-refractivity contribution < 1.29 is 28.4 Å². The molecule has 2 N–H and O–H groups in total. The van der Waals surface area contributed by atoms with Gasteiger partial charge in [0.25, 0.3) is 0 Å². The first kappa shape index (κ1) is 28.0. The number of Topliss-reactive ketones (excluding diaryl/α,β-unsaturated/α-hetero) is 1. The predicted octanol–water partition coefficient (Wildman–Crippen LogP) is 4.69. The third kappa shape index (κ3) is 6.17. The van der Waals surface area contributed by atoms with Gasteiger partial charge < -0.3 is 24.4 Å². The predicted molar refractivity (Wildman–Crippen MR) is 145 cm³/mol. The summed E-state index contributed by atoms with van der Waals surface area (Å²) >= 11 is 5.83. The van der Waals surface area contributed by atoms with Crippen molar-refractivity contribution in [1.82, 2.24) is 14.8 Å². The number of hydrogen-bond acceptors (Lipinski definition) is 5. The Hall–Kier alpha value is -3.00. The van der Waals surface area contributed by atoms with E-state index in [4.69, 9.17) is 16.3 Å². The number of likely N-dealkylation sites (tertiary alicyclic amines) is 1. The standard InChI is InChI=1S/C27H30ClFN3O5P/c1-3-38(36)16-37-19-9-10-20-21(17(2)33)14-31(24(20)12-19)15-25(34)32-11-5-8-23(32)27(35)30-13-18-6-4-7-22(28)26(18)29/h4,6-7,9-10,12,14,23,36H,3,5,8,11,13,15-16H2,1-2H3,(H,30,35). The van der Waals surface area contributed by atoms with Crippen LogP contribution < -0.4 is 10.1 Å². The summed E-state index contributed by atoms with van der Waals surface area (Å²) in [4.78, 5) is 50.0. The highest BCUT2D eigenvalue weighted by Crippen LogP contribution is 2.32. The highest BCUT2D eigenvalue weighted by atomic mass is 35.5. The van der Waals surface area contributed by atoms with Gasteiger partial charge in [0, 0.05) is 41.9 Å². The van der Waals surface area contributed by atoms with Gasteiger partial charge >= 0.3 is 0 Å². The largest absolute Gasteiger partial charge is 0.487 e. The zero-order valence-corrected chi connectivity index (χ0v) is 22.9. The summed E-state index contributed by atoms with van der Waals surface area (Å²) in [5, 5.41) is 3.40. The molecule has 1 aliphatic heterocycles. The Bertz CT molecular complexity index is 1360. The Balaban J connectivity index is 1.50. The molecule has 3 aromatic rings. The van der Waals surface area contributed by atoms with Crippen molar-refractivity contribution in [2.75, 3.05) is 19.1 Å². The van der Waals surface area contributed by atoms with Gasteiger partial charge in [0.15, 0.2) is 5.78 Å². The van der Waals surface area contributed by atoms with E-state index >= 15 is 0 Å². The zero-order chi connectivity index (χ0) is 27.4. The first-order valence-electron chi connectivity index (χ1n) is 12.4. The van der Waals surface area contributed by atoms with Crippen LogP contribution in [0, 0.1) is 5.82 Å². The summed E-state index contributed by atoms with van der Waals surface area (Å²) in [5.74, 6) is -0.806. The van der Waals surface area contributed by atoms with Crippen LogP contribution in [-0.2, 0) is 22.7 Å². The van der Waals surface area contributed by atoms with Crippen molar-refractivity contribution in [3.63, 3.8) is 0 Å². The molecule has 0 bridgehead atoms. The van der Waals surface area contributed by atoms with Gasteiger partial charge in [0.2, 0.25) is 11.8 Å². The molecule has 2 unspecified atom stereocenters. The molecular formula is C27H30ClFN3O5P. The first-order chi connectivity index (χ1) is 18.2. The van der Waals surface area contributed by atoms with Gasteiger partial charge in [-0.2, -0.15) is 0 Å². The number of aromatic nitrogens is 1. The molecule has 1 saturated heterocycles. The maximum Gasteiger partial charge on any atom is 0.243 e. The van der Waals surface area contributed by atoms with Crippen LogP contribution in [0.15, 0.2) is 42.6 Å². The summed E-state index contributed by atoms with van der Waals surface area (Å²) in [5.41, 5.74) is 1.40. The monoisotopic (exact) mass is 561 g/mol. The van der Waals surface area contributed by atoms with E-state index in [1.807, 2.05) is 6.92 Å². The summed E-state index contributed by atoms with van der Waals surface area (Å²) in [6, 6.07) is 9.19. The van der Waals surface area contributed by atoms with Crippen molar-refractivity contribution in [2.45, 2.75) is 45.8 Å². The number of fused-ring (bicyclic) bond motifs is 1.